The number of carboxylic acid groups (broad SMARTS) is 1. The van der Waals surface area contributed by atoms with E-state index in [-0.39, 0.29) is 11.5 Å². The van der Waals surface area contributed by atoms with Crippen molar-refractivity contribution in [3.8, 4) is 11.5 Å². The molecule has 1 saturated carbocycles. The third-order valence-electron chi connectivity index (χ3n) is 6.85. The van der Waals surface area contributed by atoms with Gasteiger partial charge in [0.05, 0.1) is 22.2 Å². The van der Waals surface area contributed by atoms with Crippen molar-refractivity contribution in [2.24, 2.45) is 0 Å². The van der Waals surface area contributed by atoms with Gasteiger partial charge in [0.1, 0.15) is 13.2 Å². The Bertz CT molecular complexity index is 1490. The average Bonchev–Trinajstić information content (AvgIpc) is 3.55. The molecule has 1 fully saturated rings. The van der Waals surface area contributed by atoms with Crippen molar-refractivity contribution in [1.82, 2.24) is 9.88 Å². The molecule has 1 amide bonds. The molecule has 0 spiro atoms. The van der Waals surface area contributed by atoms with Gasteiger partial charge in [-0.25, -0.2) is 4.79 Å². The fourth-order valence-electron chi connectivity index (χ4n) is 4.82. The molecule has 7 nitrogen and oxygen atoms in total. The van der Waals surface area contributed by atoms with Crippen LogP contribution in [0.1, 0.15) is 44.7 Å². The lowest BCUT2D eigenvalue weighted by molar-refractivity contribution is 0.0696. The second-order valence-corrected chi connectivity index (χ2v) is 9.64. The lowest BCUT2D eigenvalue weighted by atomic mass is 10.0. The van der Waals surface area contributed by atoms with Crippen LogP contribution in [0.4, 0.5) is 0 Å². The van der Waals surface area contributed by atoms with Gasteiger partial charge < -0.3 is 24.5 Å². The molecule has 36 heavy (non-hydrogen) atoms. The zero-order valence-electron chi connectivity index (χ0n) is 19.3. The molecular formula is C28H23ClN2O5. The fraction of sp³-hybridized carbons (Fsp3) is 0.214. The first-order valence-electron chi connectivity index (χ1n) is 11.8. The summed E-state index contributed by atoms with van der Waals surface area (Å²) in [6.07, 6.45) is 3.51. The molecule has 3 aromatic carbocycles. The molecule has 4 aromatic rings. The van der Waals surface area contributed by atoms with Crippen LogP contribution in [0.5, 0.6) is 11.5 Å². The number of ether oxygens (including phenoxy) is 2. The van der Waals surface area contributed by atoms with E-state index in [0.717, 1.165) is 34.9 Å². The zero-order chi connectivity index (χ0) is 24.9. The van der Waals surface area contributed by atoms with Gasteiger partial charge in [-0.1, -0.05) is 35.9 Å². The average molecular weight is 503 g/mol. The minimum Gasteiger partial charge on any atom is -0.486 e. The maximum absolute atomic E-state index is 13.8. The second-order valence-electron chi connectivity index (χ2n) is 9.20. The van der Waals surface area contributed by atoms with Crippen LogP contribution in [0.3, 0.4) is 0 Å². The number of amides is 1. The van der Waals surface area contributed by atoms with Gasteiger partial charge in [-0.2, -0.15) is 0 Å². The van der Waals surface area contributed by atoms with E-state index in [1.54, 1.807) is 30.3 Å². The topological polar surface area (TPSA) is 89.8 Å². The highest BCUT2D eigenvalue weighted by Gasteiger charge is 2.46. The molecule has 2 heterocycles. The first-order chi connectivity index (χ1) is 17.4. The summed E-state index contributed by atoms with van der Waals surface area (Å²) in [5.41, 5.74) is 2.92. The first-order valence-corrected chi connectivity index (χ1v) is 12.1. The van der Waals surface area contributed by atoms with Crippen molar-refractivity contribution >= 4 is 34.4 Å². The molecule has 1 aromatic heterocycles. The van der Waals surface area contributed by atoms with E-state index in [2.05, 4.69) is 5.32 Å². The summed E-state index contributed by atoms with van der Waals surface area (Å²) in [6.45, 7) is 1.43. The molecule has 1 aliphatic carbocycles. The molecule has 0 saturated heterocycles. The minimum absolute atomic E-state index is 0.215. The smallest absolute Gasteiger partial charge is 0.335 e. The lowest BCUT2D eigenvalue weighted by Gasteiger charge is -2.23. The predicted molar refractivity (Wildman–Crippen MR) is 135 cm³/mol. The van der Waals surface area contributed by atoms with Gasteiger partial charge in [0.25, 0.3) is 5.91 Å². The summed E-state index contributed by atoms with van der Waals surface area (Å²) in [4.78, 5) is 25.0. The number of carbonyl (C=O) groups is 2. The van der Waals surface area contributed by atoms with Crippen molar-refractivity contribution in [2.45, 2.75) is 24.9 Å². The third-order valence-corrected chi connectivity index (χ3v) is 7.10. The largest absolute Gasteiger partial charge is 0.486 e. The standard InChI is InChI=1S/C28H23ClN2O5/c29-20-7-1-17(2-8-20)16-31-12-9-21-24(31)22(15-23-25(21)36-14-13-35-23)26(32)30-28(10-11-28)19-5-3-18(4-6-19)27(33)34/h1-9,12,15H,10-11,13-14,16H2,(H,30,32)(H,33,34). The minimum atomic E-state index is -0.976. The normalized spacial score (nSPS) is 15.5. The Labute approximate surface area is 212 Å². The van der Waals surface area contributed by atoms with E-state index in [1.165, 1.54) is 0 Å². The molecule has 0 bridgehead atoms. The summed E-state index contributed by atoms with van der Waals surface area (Å²) in [5.74, 6) is 0.00949. The van der Waals surface area contributed by atoms with Gasteiger partial charge in [0, 0.05) is 23.2 Å². The Morgan fingerprint density at radius 1 is 1.00 bits per heavy atom. The number of nitrogens with one attached hydrogen (secondary N) is 1. The first kappa shape index (κ1) is 22.5. The molecule has 182 valence electrons. The van der Waals surface area contributed by atoms with Gasteiger partial charge in [-0.05, 0) is 60.4 Å². The number of carboxylic acids is 1. The van der Waals surface area contributed by atoms with Crippen LogP contribution in [0.25, 0.3) is 10.9 Å². The molecule has 0 radical (unpaired) electrons. The maximum Gasteiger partial charge on any atom is 0.335 e. The van der Waals surface area contributed by atoms with Crippen molar-refractivity contribution in [3.05, 3.63) is 94.1 Å². The van der Waals surface area contributed by atoms with Crippen molar-refractivity contribution in [3.63, 3.8) is 0 Å². The number of aromatic carboxylic acids is 1. The zero-order valence-corrected chi connectivity index (χ0v) is 20.0. The predicted octanol–water partition coefficient (Wildman–Crippen LogP) is 5.23. The molecule has 0 atom stereocenters. The number of carbonyl (C=O) groups excluding carboxylic acids is 1. The number of aromatic nitrogens is 1. The Hall–Kier alpha value is -3.97. The van der Waals surface area contributed by atoms with Crippen LogP contribution in [0.2, 0.25) is 5.02 Å². The number of nitrogens with zero attached hydrogens (tertiary/aromatic N) is 1. The van der Waals surface area contributed by atoms with Gasteiger partial charge >= 0.3 is 5.97 Å². The van der Waals surface area contributed by atoms with Crippen LogP contribution in [-0.2, 0) is 12.1 Å². The van der Waals surface area contributed by atoms with Crippen LogP contribution in [-0.4, -0.2) is 34.8 Å². The van der Waals surface area contributed by atoms with E-state index < -0.39 is 11.5 Å². The van der Waals surface area contributed by atoms with Gasteiger partial charge in [0.15, 0.2) is 11.5 Å². The number of rotatable bonds is 6. The monoisotopic (exact) mass is 502 g/mol. The number of hydrogen-bond acceptors (Lipinski definition) is 4. The van der Waals surface area contributed by atoms with Gasteiger partial charge in [-0.3, -0.25) is 4.79 Å². The van der Waals surface area contributed by atoms with Gasteiger partial charge in [-0.15, -0.1) is 0 Å². The van der Waals surface area contributed by atoms with Crippen molar-refractivity contribution in [2.75, 3.05) is 13.2 Å². The number of hydrogen-bond donors (Lipinski definition) is 2. The van der Waals surface area contributed by atoms with Crippen LogP contribution >= 0.6 is 11.6 Å². The number of benzene rings is 3. The quantitative estimate of drug-likeness (QED) is 0.377. The number of halogens is 1. The Morgan fingerprint density at radius 3 is 2.42 bits per heavy atom. The Kier molecular flexibility index (Phi) is 5.38. The summed E-state index contributed by atoms with van der Waals surface area (Å²) in [7, 11) is 0. The van der Waals surface area contributed by atoms with E-state index in [1.807, 2.05) is 41.1 Å². The Balaban J connectivity index is 1.38. The highest BCUT2D eigenvalue weighted by atomic mass is 35.5. The highest BCUT2D eigenvalue weighted by molar-refractivity contribution is 6.30. The SMILES string of the molecule is O=C(O)c1ccc(C2(NC(=O)c3cc4c(c5ccn(Cc6ccc(Cl)cc6)c35)OCCO4)CC2)cc1. The summed E-state index contributed by atoms with van der Waals surface area (Å²) < 4.78 is 13.8. The van der Waals surface area contributed by atoms with Crippen LogP contribution in [0.15, 0.2) is 66.9 Å². The molecule has 8 heteroatoms. The molecule has 1 aliphatic heterocycles. The molecule has 2 N–H and O–H groups in total. The van der Waals surface area contributed by atoms with E-state index in [0.29, 0.717) is 41.8 Å². The van der Waals surface area contributed by atoms with E-state index in [9.17, 15) is 14.7 Å². The molecule has 2 aliphatic rings. The van der Waals surface area contributed by atoms with Crippen molar-refractivity contribution in [1.29, 1.82) is 0 Å². The Morgan fingerprint density at radius 2 is 1.72 bits per heavy atom. The van der Waals surface area contributed by atoms with E-state index in [4.69, 9.17) is 21.1 Å². The third kappa shape index (κ3) is 3.95. The number of fused-ring (bicyclic) bond motifs is 3. The lowest BCUT2D eigenvalue weighted by Crippen LogP contribution is -2.35. The second kappa shape index (κ2) is 8.60. The fourth-order valence-corrected chi connectivity index (χ4v) is 4.95. The van der Waals surface area contributed by atoms with Gasteiger partial charge in [0.2, 0.25) is 0 Å². The summed E-state index contributed by atoms with van der Waals surface area (Å²) >= 11 is 6.06. The summed E-state index contributed by atoms with van der Waals surface area (Å²) in [6, 6.07) is 18.0. The van der Waals surface area contributed by atoms with Crippen molar-refractivity contribution < 1.29 is 24.2 Å². The van der Waals surface area contributed by atoms with E-state index >= 15 is 0 Å². The molecule has 6 rings (SSSR count). The summed E-state index contributed by atoms with van der Waals surface area (Å²) in [5, 5.41) is 13.9. The molecule has 0 unspecified atom stereocenters. The van der Waals surface area contributed by atoms with Crippen LogP contribution < -0.4 is 14.8 Å². The highest BCUT2D eigenvalue weighted by Crippen LogP contribution is 2.47. The maximum atomic E-state index is 13.8. The molecular weight excluding hydrogens is 480 g/mol. The van der Waals surface area contributed by atoms with Crippen LogP contribution in [0, 0.1) is 0 Å².